The largest absolute Gasteiger partial charge is 0.394 e. The number of anilines is 2. The monoisotopic (exact) mass is 539 g/mol. The Balaban J connectivity index is 1.94. The zero-order chi connectivity index (χ0) is 18.4. The second-order valence-corrected chi connectivity index (χ2v) is 8.66. The van der Waals surface area contributed by atoms with Crippen LogP contribution in [0.5, 0.6) is 0 Å². The molecular formula is C19H16Br3N3O. The maximum atomic E-state index is 9.26. The van der Waals surface area contributed by atoms with E-state index in [0.29, 0.717) is 6.54 Å². The molecule has 0 saturated carbocycles. The number of benzene rings is 2. The standard InChI is InChI=1S/C19H16Br3N3O/c1-25-9-12(11-8-13(20)15(21)16(22)19(11)25)18-17(23-6-7-26)10-4-2-3-5-14(10)24-18/h2-5,8,24,26H,6-7,9H2,1H3/b18-12+,23-17?. The highest BCUT2D eigenvalue weighted by molar-refractivity contribution is 9.14. The Hall–Kier alpha value is -1.15. The molecule has 134 valence electrons. The minimum atomic E-state index is 0.0365. The van der Waals surface area contributed by atoms with Crippen LogP contribution in [0.2, 0.25) is 0 Å². The second kappa shape index (κ2) is 7.11. The van der Waals surface area contributed by atoms with Gasteiger partial charge in [-0.25, -0.2) is 0 Å². The number of aliphatic imine (C=N–C) groups is 1. The Kier molecular flexibility index (Phi) is 4.98. The zero-order valence-corrected chi connectivity index (χ0v) is 18.7. The third kappa shape index (κ3) is 2.85. The first kappa shape index (κ1) is 18.2. The van der Waals surface area contributed by atoms with Crippen LogP contribution in [0.25, 0.3) is 5.57 Å². The summed E-state index contributed by atoms with van der Waals surface area (Å²) in [5, 5.41) is 12.8. The summed E-state index contributed by atoms with van der Waals surface area (Å²) >= 11 is 11.0. The molecule has 0 bridgehead atoms. The molecule has 0 fully saturated rings. The van der Waals surface area contributed by atoms with Crippen molar-refractivity contribution in [3.05, 3.63) is 60.6 Å². The molecule has 7 heteroatoms. The van der Waals surface area contributed by atoms with Gasteiger partial charge in [0.25, 0.3) is 0 Å². The summed E-state index contributed by atoms with van der Waals surface area (Å²) in [6.07, 6.45) is 0. The molecule has 0 spiro atoms. The number of hydrogen-bond acceptors (Lipinski definition) is 4. The van der Waals surface area contributed by atoms with Gasteiger partial charge in [-0.2, -0.15) is 0 Å². The van der Waals surface area contributed by atoms with E-state index in [0.717, 1.165) is 48.3 Å². The Bertz CT molecular complexity index is 969. The van der Waals surface area contributed by atoms with Crippen molar-refractivity contribution < 1.29 is 5.11 Å². The van der Waals surface area contributed by atoms with Crippen molar-refractivity contribution >= 4 is 70.4 Å². The highest BCUT2D eigenvalue weighted by Crippen LogP contribution is 2.48. The smallest absolute Gasteiger partial charge is 0.0907 e. The van der Waals surface area contributed by atoms with Crippen LogP contribution in [0, 0.1) is 0 Å². The van der Waals surface area contributed by atoms with Crippen molar-refractivity contribution in [2.24, 2.45) is 4.99 Å². The summed E-state index contributed by atoms with van der Waals surface area (Å²) in [4.78, 5) is 6.89. The molecular weight excluding hydrogens is 526 g/mol. The SMILES string of the molecule is CN1C/C(=C2\Nc3ccccc3C2=NCCO)c2cc(Br)c(Br)c(Br)c21. The Morgan fingerprint density at radius 3 is 2.69 bits per heavy atom. The Morgan fingerprint density at radius 1 is 1.15 bits per heavy atom. The molecule has 2 aromatic carbocycles. The van der Waals surface area contributed by atoms with Crippen molar-refractivity contribution in [3.8, 4) is 0 Å². The molecule has 0 unspecified atom stereocenters. The summed E-state index contributed by atoms with van der Waals surface area (Å²) in [5.74, 6) is 0. The summed E-state index contributed by atoms with van der Waals surface area (Å²) in [6, 6.07) is 10.3. The van der Waals surface area contributed by atoms with E-state index in [1.54, 1.807) is 0 Å². The Labute approximate surface area is 177 Å². The van der Waals surface area contributed by atoms with Crippen LogP contribution in [0.4, 0.5) is 11.4 Å². The molecule has 0 amide bonds. The molecule has 2 aliphatic rings. The van der Waals surface area contributed by atoms with Gasteiger partial charge < -0.3 is 15.3 Å². The van der Waals surface area contributed by atoms with Crippen molar-refractivity contribution in [1.82, 2.24) is 0 Å². The highest BCUT2D eigenvalue weighted by Gasteiger charge is 2.32. The predicted molar refractivity (Wildman–Crippen MR) is 118 cm³/mol. The van der Waals surface area contributed by atoms with Gasteiger partial charge in [0.05, 0.1) is 34.7 Å². The zero-order valence-electron chi connectivity index (χ0n) is 14.0. The molecule has 0 aromatic heterocycles. The lowest BCUT2D eigenvalue weighted by Gasteiger charge is -2.14. The normalized spacial score (nSPS) is 19.7. The second-order valence-electron chi connectivity index (χ2n) is 6.22. The van der Waals surface area contributed by atoms with Crippen LogP contribution in [-0.4, -0.2) is 37.6 Å². The molecule has 2 N–H and O–H groups in total. The molecule has 4 nitrogen and oxygen atoms in total. The van der Waals surface area contributed by atoms with Crippen molar-refractivity contribution in [2.75, 3.05) is 37.0 Å². The van der Waals surface area contributed by atoms with E-state index < -0.39 is 0 Å². The van der Waals surface area contributed by atoms with Gasteiger partial charge in [0.1, 0.15) is 0 Å². The van der Waals surface area contributed by atoms with Crippen LogP contribution in [0.3, 0.4) is 0 Å². The van der Waals surface area contributed by atoms with E-state index in [9.17, 15) is 5.11 Å². The predicted octanol–water partition coefficient (Wildman–Crippen LogP) is 5.04. The molecule has 26 heavy (non-hydrogen) atoms. The number of aliphatic hydroxyl groups excluding tert-OH is 1. The first-order valence-electron chi connectivity index (χ1n) is 8.17. The fraction of sp³-hybridized carbons (Fsp3) is 0.211. The van der Waals surface area contributed by atoms with E-state index in [2.05, 4.69) is 88.2 Å². The Morgan fingerprint density at radius 2 is 1.92 bits per heavy atom. The topological polar surface area (TPSA) is 47.9 Å². The van der Waals surface area contributed by atoms with Gasteiger partial charge in [-0.15, -0.1) is 0 Å². The van der Waals surface area contributed by atoms with Gasteiger partial charge >= 0.3 is 0 Å². The average molecular weight is 542 g/mol. The lowest BCUT2D eigenvalue weighted by molar-refractivity contribution is 0.307. The van der Waals surface area contributed by atoms with Crippen LogP contribution in [0.15, 0.2) is 54.4 Å². The summed E-state index contributed by atoms with van der Waals surface area (Å²) in [7, 11) is 2.09. The molecule has 4 rings (SSSR count). The number of hydrogen-bond donors (Lipinski definition) is 2. The summed E-state index contributed by atoms with van der Waals surface area (Å²) in [5.41, 5.74) is 7.59. The average Bonchev–Trinajstić information content (AvgIpc) is 3.15. The van der Waals surface area contributed by atoms with E-state index in [1.165, 1.54) is 11.1 Å². The number of allylic oxidation sites excluding steroid dienone is 1. The first-order valence-corrected chi connectivity index (χ1v) is 10.5. The number of para-hydroxylation sites is 1. The van der Waals surface area contributed by atoms with E-state index in [1.807, 2.05) is 12.1 Å². The summed E-state index contributed by atoms with van der Waals surface area (Å²) < 4.78 is 3.04. The minimum Gasteiger partial charge on any atom is -0.394 e. The third-order valence-corrected chi connectivity index (χ3v) is 7.87. The molecule has 2 aromatic rings. The van der Waals surface area contributed by atoms with Gasteiger partial charge in [0, 0.05) is 44.9 Å². The number of fused-ring (bicyclic) bond motifs is 2. The van der Waals surface area contributed by atoms with Crippen LogP contribution >= 0.6 is 47.8 Å². The van der Waals surface area contributed by atoms with E-state index in [4.69, 9.17) is 0 Å². The number of aliphatic hydroxyl groups is 1. The summed E-state index contributed by atoms with van der Waals surface area (Å²) in [6.45, 7) is 1.21. The van der Waals surface area contributed by atoms with Crippen LogP contribution in [-0.2, 0) is 0 Å². The quantitative estimate of drug-likeness (QED) is 0.524. The van der Waals surface area contributed by atoms with Gasteiger partial charge in [0.2, 0.25) is 0 Å². The number of nitrogens with one attached hydrogen (secondary N) is 1. The molecule has 0 saturated heterocycles. The van der Waals surface area contributed by atoms with Crippen molar-refractivity contribution in [3.63, 3.8) is 0 Å². The molecule has 0 atom stereocenters. The van der Waals surface area contributed by atoms with Gasteiger partial charge in [0.15, 0.2) is 0 Å². The van der Waals surface area contributed by atoms with Crippen LogP contribution < -0.4 is 10.2 Å². The maximum Gasteiger partial charge on any atom is 0.0907 e. The molecule has 0 radical (unpaired) electrons. The molecule has 2 heterocycles. The van der Waals surface area contributed by atoms with Crippen molar-refractivity contribution in [1.29, 1.82) is 0 Å². The van der Waals surface area contributed by atoms with E-state index >= 15 is 0 Å². The van der Waals surface area contributed by atoms with Gasteiger partial charge in [-0.1, -0.05) is 18.2 Å². The third-order valence-electron chi connectivity index (χ3n) is 4.59. The fourth-order valence-electron chi connectivity index (χ4n) is 3.48. The van der Waals surface area contributed by atoms with E-state index in [-0.39, 0.29) is 6.61 Å². The minimum absolute atomic E-state index is 0.0365. The lowest BCUT2D eigenvalue weighted by Crippen LogP contribution is -2.15. The number of halogens is 3. The van der Waals surface area contributed by atoms with Gasteiger partial charge in [-0.3, -0.25) is 4.99 Å². The van der Waals surface area contributed by atoms with Crippen molar-refractivity contribution in [2.45, 2.75) is 0 Å². The van der Waals surface area contributed by atoms with Crippen LogP contribution in [0.1, 0.15) is 11.1 Å². The first-order chi connectivity index (χ1) is 12.5. The lowest BCUT2D eigenvalue weighted by atomic mass is 10.0. The maximum absolute atomic E-state index is 9.26. The number of nitrogens with zero attached hydrogens (tertiary/aromatic N) is 2. The number of rotatable bonds is 2. The van der Waals surface area contributed by atoms with Gasteiger partial charge in [-0.05, 0) is 59.9 Å². The molecule has 0 aliphatic carbocycles. The number of likely N-dealkylation sites (N-methyl/N-ethyl adjacent to an activating group) is 1. The molecule has 2 aliphatic heterocycles. The fourth-order valence-corrected chi connectivity index (χ4v) is 5.20. The highest BCUT2D eigenvalue weighted by atomic mass is 79.9.